The Kier molecular flexibility index (Phi) is 6.14. The molecule has 0 spiro atoms. The van der Waals surface area contributed by atoms with Crippen molar-refractivity contribution in [1.29, 1.82) is 0 Å². The van der Waals surface area contributed by atoms with Gasteiger partial charge in [0, 0.05) is 0 Å². The number of aromatic nitrogens is 2. The summed E-state index contributed by atoms with van der Waals surface area (Å²) in [5.41, 5.74) is 2.72. The molecule has 0 atom stereocenters. The third kappa shape index (κ3) is 4.28. The van der Waals surface area contributed by atoms with Gasteiger partial charge in [0.05, 0.1) is 34.6 Å². The number of nitrogens with one attached hydrogen (secondary N) is 1. The van der Waals surface area contributed by atoms with Crippen molar-refractivity contribution in [2.45, 2.75) is 38.0 Å². The Hall–Kier alpha value is -3.91. The molecule has 1 aliphatic heterocycles. The maximum absolute atomic E-state index is 13.6. The number of nitrogens with zero attached hydrogens (tertiary/aromatic N) is 3. The zero-order chi connectivity index (χ0) is 25.4. The molecule has 182 valence electrons. The van der Waals surface area contributed by atoms with Crippen LogP contribution in [-0.2, 0) is 16.1 Å². The molecule has 7 nitrogen and oxygen atoms in total. The molecular formula is C28H26N4O3S. The summed E-state index contributed by atoms with van der Waals surface area (Å²) in [4.78, 5) is 46.0. The number of amides is 2. The maximum Gasteiger partial charge on any atom is 0.262 e. The lowest BCUT2D eigenvalue weighted by atomic mass is 9.96. The van der Waals surface area contributed by atoms with E-state index < -0.39 is 5.54 Å². The van der Waals surface area contributed by atoms with Crippen LogP contribution in [0.2, 0.25) is 0 Å². The number of carbonyl (C=O) groups excluding carboxylic acids is 2. The standard InChI is InChI=1S/C28H26N4O3S/c1-18-12-14-19(15-13-18)16-31-25(34)20-8-4-5-9-21(20)30-27(31)36-17-24(33)32-23-11-7-6-10-22(23)29-26(35)28(32,2)3/h4-15H,16-17H2,1-3H3,(H,29,35). The van der Waals surface area contributed by atoms with E-state index in [0.717, 1.165) is 11.1 Å². The Balaban J connectivity index is 1.50. The van der Waals surface area contributed by atoms with Gasteiger partial charge in [-0.3, -0.25) is 23.9 Å². The smallest absolute Gasteiger partial charge is 0.262 e. The summed E-state index contributed by atoms with van der Waals surface area (Å²) in [7, 11) is 0. The molecule has 2 amide bonds. The summed E-state index contributed by atoms with van der Waals surface area (Å²) in [6.45, 7) is 5.81. The third-order valence-electron chi connectivity index (χ3n) is 6.37. The highest BCUT2D eigenvalue weighted by atomic mass is 32.2. The first kappa shape index (κ1) is 23.8. The summed E-state index contributed by atoms with van der Waals surface area (Å²) in [6, 6.07) is 22.5. The fraction of sp³-hybridized carbons (Fsp3) is 0.214. The Morgan fingerprint density at radius 1 is 0.972 bits per heavy atom. The average molecular weight is 499 g/mol. The number of hydrogen-bond donors (Lipinski definition) is 1. The fourth-order valence-electron chi connectivity index (χ4n) is 4.36. The SMILES string of the molecule is Cc1ccc(Cn2c(SCC(=O)N3c4ccccc4NC(=O)C3(C)C)nc3ccccc3c2=O)cc1. The molecule has 0 bridgehead atoms. The highest BCUT2D eigenvalue weighted by Crippen LogP contribution is 2.37. The highest BCUT2D eigenvalue weighted by Gasteiger charge is 2.43. The van der Waals surface area contributed by atoms with Crippen molar-refractivity contribution in [3.63, 3.8) is 0 Å². The van der Waals surface area contributed by atoms with Gasteiger partial charge >= 0.3 is 0 Å². The molecule has 5 rings (SSSR count). The number of carbonyl (C=O) groups is 2. The second-order valence-corrected chi connectivity index (χ2v) is 10.3. The van der Waals surface area contributed by atoms with Crippen molar-refractivity contribution in [3.8, 4) is 0 Å². The van der Waals surface area contributed by atoms with E-state index in [1.54, 1.807) is 36.6 Å². The van der Waals surface area contributed by atoms with Gasteiger partial charge in [-0.1, -0.05) is 65.9 Å². The van der Waals surface area contributed by atoms with Gasteiger partial charge in [0.2, 0.25) is 11.8 Å². The van der Waals surface area contributed by atoms with Gasteiger partial charge in [-0.05, 0) is 50.6 Å². The quantitative estimate of drug-likeness (QED) is 0.321. The Labute approximate surface area is 213 Å². The lowest BCUT2D eigenvalue weighted by Gasteiger charge is -2.42. The minimum atomic E-state index is -1.07. The molecule has 0 saturated heterocycles. The molecule has 1 aromatic heterocycles. The highest BCUT2D eigenvalue weighted by molar-refractivity contribution is 7.99. The van der Waals surface area contributed by atoms with Crippen molar-refractivity contribution in [1.82, 2.24) is 9.55 Å². The van der Waals surface area contributed by atoms with Gasteiger partial charge in [-0.2, -0.15) is 0 Å². The number of hydrogen-bond acceptors (Lipinski definition) is 5. The van der Waals surface area contributed by atoms with Crippen molar-refractivity contribution >= 4 is 45.9 Å². The summed E-state index contributed by atoms with van der Waals surface area (Å²) in [5, 5.41) is 3.87. The van der Waals surface area contributed by atoms with Crippen molar-refractivity contribution in [2.24, 2.45) is 0 Å². The molecule has 0 saturated carbocycles. The first-order valence-electron chi connectivity index (χ1n) is 11.7. The molecule has 0 radical (unpaired) electrons. The van der Waals surface area contributed by atoms with Crippen LogP contribution in [-0.4, -0.2) is 32.7 Å². The zero-order valence-corrected chi connectivity index (χ0v) is 21.1. The molecule has 3 aromatic carbocycles. The lowest BCUT2D eigenvalue weighted by Crippen LogP contribution is -2.59. The van der Waals surface area contributed by atoms with E-state index in [4.69, 9.17) is 4.98 Å². The minimum Gasteiger partial charge on any atom is -0.322 e. The third-order valence-corrected chi connectivity index (χ3v) is 7.33. The Morgan fingerprint density at radius 3 is 2.44 bits per heavy atom. The first-order valence-corrected chi connectivity index (χ1v) is 12.7. The molecule has 2 heterocycles. The summed E-state index contributed by atoms with van der Waals surface area (Å²) < 4.78 is 1.62. The van der Waals surface area contributed by atoms with Crippen LogP contribution in [0.25, 0.3) is 10.9 Å². The topological polar surface area (TPSA) is 84.3 Å². The van der Waals surface area contributed by atoms with Gasteiger partial charge in [0.25, 0.3) is 5.56 Å². The van der Waals surface area contributed by atoms with E-state index in [1.807, 2.05) is 61.5 Å². The number of anilines is 2. The van der Waals surface area contributed by atoms with Gasteiger partial charge in [-0.25, -0.2) is 4.98 Å². The van der Waals surface area contributed by atoms with Crippen LogP contribution in [0, 0.1) is 6.92 Å². The van der Waals surface area contributed by atoms with Crippen LogP contribution < -0.4 is 15.8 Å². The molecule has 0 unspecified atom stereocenters. The van der Waals surface area contributed by atoms with Crippen LogP contribution in [0.3, 0.4) is 0 Å². The van der Waals surface area contributed by atoms with Crippen molar-refractivity contribution in [2.75, 3.05) is 16.0 Å². The maximum atomic E-state index is 13.6. The van der Waals surface area contributed by atoms with E-state index in [2.05, 4.69) is 5.32 Å². The van der Waals surface area contributed by atoms with Crippen LogP contribution in [0.1, 0.15) is 25.0 Å². The number of fused-ring (bicyclic) bond motifs is 2. The molecule has 0 aliphatic carbocycles. The molecule has 8 heteroatoms. The molecule has 36 heavy (non-hydrogen) atoms. The monoisotopic (exact) mass is 498 g/mol. The van der Waals surface area contributed by atoms with E-state index in [1.165, 1.54) is 16.7 Å². The fourth-order valence-corrected chi connectivity index (χ4v) is 5.21. The number of para-hydroxylation sites is 3. The van der Waals surface area contributed by atoms with Gasteiger partial charge in [0.1, 0.15) is 5.54 Å². The number of thioether (sulfide) groups is 1. The summed E-state index contributed by atoms with van der Waals surface area (Å²) >= 11 is 1.21. The molecule has 4 aromatic rings. The summed E-state index contributed by atoms with van der Waals surface area (Å²) in [6.07, 6.45) is 0. The lowest BCUT2D eigenvalue weighted by molar-refractivity contribution is -0.125. The molecule has 1 aliphatic rings. The van der Waals surface area contributed by atoms with Crippen LogP contribution in [0.5, 0.6) is 0 Å². The predicted octanol–water partition coefficient (Wildman–Crippen LogP) is 4.61. The number of rotatable bonds is 5. The van der Waals surface area contributed by atoms with Crippen molar-refractivity contribution < 1.29 is 9.59 Å². The van der Waals surface area contributed by atoms with Crippen LogP contribution in [0.4, 0.5) is 11.4 Å². The zero-order valence-electron chi connectivity index (χ0n) is 20.3. The van der Waals surface area contributed by atoms with E-state index in [-0.39, 0.29) is 23.1 Å². The van der Waals surface area contributed by atoms with Gasteiger partial charge < -0.3 is 5.32 Å². The number of benzene rings is 3. The Bertz CT molecular complexity index is 1540. The minimum absolute atomic E-state index is 0.0176. The van der Waals surface area contributed by atoms with Crippen LogP contribution in [0.15, 0.2) is 82.7 Å². The molecule has 1 N–H and O–H groups in total. The van der Waals surface area contributed by atoms with E-state index in [9.17, 15) is 14.4 Å². The molecule has 0 fully saturated rings. The van der Waals surface area contributed by atoms with E-state index in [0.29, 0.717) is 34.0 Å². The molecular weight excluding hydrogens is 472 g/mol. The number of aryl methyl sites for hydroxylation is 1. The second-order valence-electron chi connectivity index (χ2n) is 9.34. The van der Waals surface area contributed by atoms with Gasteiger partial charge in [-0.15, -0.1) is 0 Å². The average Bonchev–Trinajstić information content (AvgIpc) is 2.86. The van der Waals surface area contributed by atoms with E-state index >= 15 is 0 Å². The van der Waals surface area contributed by atoms with Gasteiger partial charge in [0.15, 0.2) is 5.16 Å². The van der Waals surface area contributed by atoms with Crippen LogP contribution >= 0.6 is 11.8 Å². The predicted molar refractivity (Wildman–Crippen MR) is 144 cm³/mol. The summed E-state index contributed by atoms with van der Waals surface area (Å²) in [5.74, 6) is -0.472. The first-order chi connectivity index (χ1) is 17.3. The normalized spacial score (nSPS) is 14.4. The Morgan fingerprint density at radius 2 is 1.67 bits per heavy atom. The largest absolute Gasteiger partial charge is 0.322 e. The van der Waals surface area contributed by atoms with Crippen molar-refractivity contribution in [3.05, 3.63) is 94.3 Å². The second kappa shape index (κ2) is 9.28.